The molecule has 0 aliphatic rings. The third-order valence-electron chi connectivity index (χ3n) is 3.41. The summed E-state index contributed by atoms with van der Waals surface area (Å²) < 4.78 is 24.1. The Morgan fingerprint density at radius 3 is 2.32 bits per heavy atom. The van der Waals surface area contributed by atoms with Crippen LogP contribution in [0.2, 0.25) is 0 Å². The van der Waals surface area contributed by atoms with E-state index in [1.807, 2.05) is 0 Å². The third-order valence-corrected chi connectivity index (χ3v) is 5.38. The molecule has 0 fully saturated rings. The number of sulfone groups is 1. The topological polar surface area (TPSA) is 107 Å². The summed E-state index contributed by atoms with van der Waals surface area (Å²) >= 11 is 0. The van der Waals surface area contributed by atoms with Gasteiger partial charge < -0.3 is 10.2 Å². The van der Waals surface area contributed by atoms with E-state index in [1.54, 1.807) is 19.9 Å². The highest BCUT2D eigenvalue weighted by Crippen LogP contribution is 2.18. The Labute approximate surface area is 147 Å². The molecule has 0 bridgehead atoms. The summed E-state index contributed by atoms with van der Waals surface area (Å²) in [7, 11) is -3.74. The van der Waals surface area contributed by atoms with Crippen molar-refractivity contribution in [3.05, 3.63) is 36.4 Å². The molecule has 0 aliphatic heterocycles. The van der Waals surface area contributed by atoms with E-state index in [2.05, 4.69) is 11.9 Å². The van der Waals surface area contributed by atoms with Crippen molar-refractivity contribution < 1.29 is 18.0 Å². The van der Waals surface area contributed by atoms with E-state index in [0.717, 1.165) is 5.57 Å². The molecule has 1 N–H and O–H groups in total. The molecule has 8 heteroatoms. The summed E-state index contributed by atoms with van der Waals surface area (Å²) in [5.74, 6) is -1.51. The zero-order valence-electron chi connectivity index (χ0n) is 14.4. The molecule has 1 rings (SSSR count). The number of likely N-dealkylation sites (N-methyl/N-ethyl adjacent to an activating group) is 1. The van der Waals surface area contributed by atoms with Crippen LogP contribution in [0, 0.1) is 11.3 Å². The lowest BCUT2D eigenvalue weighted by molar-refractivity contribution is -0.142. The van der Waals surface area contributed by atoms with Crippen LogP contribution in [0.3, 0.4) is 0 Å². The molecule has 0 aliphatic carbocycles. The van der Waals surface area contributed by atoms with Gasteiger partial charge in [0.05, 0.1) is 11.0 Å². The Morgan fingerprint density at radius 2 is 1.88 bits per heavy atom. The van der Waals surface area contributed by atoms with Gasteiger partial charge in [-0.05, 0) is 45.0 Å². The standard InChI is InChI=1S/C17H21N3O4S/c1-5-20(11-12(2)3)17(22)16(21)19-14-6-8-15(9-7-14)25(23,24)13(4)10-18/h6-9,13H,2,5,11H2,1,3-4H3,(H,19,21). The van der Waals surface area contributed by atoms with Crippen LogP contribution in [0.1, 0.15) is 20.8 Å². The number of benzene rings is 1. The van der Waals surface area contributed by atoms with Crippen molar-refractivity contribution in [1.29, 1.82) is 5.26 Å². The van der Waals surface area contributed by atoms with Crippen molar-refractivity contribution in [3.63, 3.8) is 0 Å². The fraction of sp³-hybridized carbons (Fsp3) is 0.353. The lowest BCUT2D eigenvalue weighted by Crippen LogP contribution is -2.40. The Balaban J connectivity index is 2.88. The van der Waals surface area contributed by atoms with Gasteiger partial charge in [-0.25, -0.2) is 8.42 Å². The number of nitrogens with one attached hydrogen (secondary N) is 1. The number of hydrogen-bond donors (Lipinski definition) is 1. The number of carbonyl (C=O) groups excluding carboxylic acids is 2. The largest absolute Gasteiger partial charge is 0.331 e. The van der Waals surface area contributed by atoms with Gasteiger partial charge in [0.1, 0.15) is 5.25 Å². The number of hydrogen-bond acceptors (Lipinski definition) is 5. The van der Waals surface area contributed by atoms with Gasteiger partial charge in [-0.3, -0.25) is 9.59 Å². The second kappa shape index (κ2) is 8.44. The number of rotatable bonds is 6. The molecule has 134 valence electrons. The molecule has 0 saturated carbocycles. The normalized spacial score (nSPS) is 11.9. The summed E-state index contributed by atoms with van der Waals surface area (Å²) in [6.45, 7) is 9.17. The second-order valence-electron chi connectivity index (χ2n) is 5.57. The van der Waals surface area contributed by atoms with Crippen LogP contribution in [0.5, 0.6) is 0 Å². The van der Waals surface area contributed by atoms with E-state index >= 15 is 0 Å². The lowest BCUT2D eigenvalue weighted by atomic mass is 10.3. The third kappa shape index (κ3) is 5.16. The van der Waals surface area contributed by atoms with Gasteiger partial charge in [0, 0.05) is 18.8 Å². The first kappa shape index (κ1) is 20.4. The van der Waals surface area contributed by atoms with Crippen molar-refractivity contribution in [2.24, 2.45) is 0 Å². The van der Waals surface area contributed by atoms with Crippen LogP contribution in [-0.4, -0.2) is 43.5 Å². The summed E-state index contributed by atoms with van der Waals surface area (Å²) in [5.41, 5.74) is 1.04. The zero-order chi connectivity index (χ0) is 19.2. The van der Waals surface area contributed by atoms with E-state index in [9.17, 15) is 18.0 Å². The number of nitriles is 1. The molecular weight excluding hydrogens is 342 g/mol. The van der Waals surface area contributed by atoms with E-state index in [1.165, 1.54) is 36.1 Å². The molecule has 1 aromatic rings. The van der Waals surface area contributed by atoms with Gasteiger partial charge in [0.25, 0.3) is 0 Å². The highest BCUT2D eigenvalue weighted by molar-refractivity contribution is 7.92. The van der Waals surface area contributed by atoms with Gasteiger partial charge in [0.2, 0.25) is 0 Å². The Kier molecular flexibility index (Phi) is 6.88. The Morgan fingerprint density at radius 1 is 1.32 bits per heavy atom. The maximum absolute atomic E-state index is 12.1. The van der Waals surface area contributed by atoms with Gasteiger partial charge in [-0.15, -0.1) is 0 Å². The number of nitrogens with zero attached hydrogens (tertiary/aromatic N) is 2. The average molecular weight is 363 g/mol. The van der Waals surface area contributed by atoms with Crippen LogP contribution in [-0.2, 0) is 19.4 Å². The van der Waals surface area contributed by atoms with Crippen molar-refractivity contribution in [2.75, 3.05) is 18.4 Å². The monoisotopic (exact) mass is 363 g/mol. The highest BCUT2D eigenvalue weighted by Gasteiger charge is 2.24. The van der Waals surface area contributed by atoms with Crippen LogP contribution in [0.15, 0.2) is 41.3 Å². The van der Waals surface area contributed by atoms with E-state index in [-0.39, 0.29) is 17.1 Å². The highest BCUT2D eigenvalue weighted by atomic mass is 32.2. The summed E-state index contributed by atoms with van der Waals surface area (Å²) in [6, 6.07) is 7.00. The predicted molar refractivity (Wildman–Crippen MR) is 94.4 cm³/mol. The fourth-order valence-corrected chi connectivity index (χ4v) is 3.05. The molecule has 25 heavy (non-hydrogen) atoms. The minimum absolute atomic E-state index is 0.0247. The summed E-state index contributed by atoms with van der Waals surface area (Å²) in [4.78, 5) is 25.5. The van der Waals surface area contributed by atoms with Gasteiger partial charge >= 0.3 is 11.8 Å². The van der Waals surface area contributed by atoms with E-state index in [4.69, 9.17) is 5.26 Å². The quantitative estimate of drug-likeness (QED) is 0.612. The van der Waals surface area contributed by atoms with Crippen molar-refractivity contribution in [2.45, 2.75) is 30.9 Å². The predicted octanol–water partition coefficient (Wildman–Crippen LogP) is 1.74. The molecule has 1 unspecified atom stereocenters. The molecule has 0 radical (unpaired) electrons. The first-order valence-electron chi connectivity index (χ1n) is 7.61. The van der Waals surface area contributed by atoms with Crippen molar-refractivity contribution in [3.8, 4) is 6.07 Å². The molecule has 0 heterocycles. The summed E-state index contributed by atoms with van der Waals surface area (Å²) in [6.07, 6.45) is 0. The van der Waals surface area contributed by atoms with Gasteiger partial charge in [-0.1, -0.05) is 12.2 Å². The van der Waals surface area contributed by atoms with Crippen LogP contribution < -0.4 is 5.32 Å². The minimum Gasteiger partial charge on any atom is -0.331 e. The molecule has 2 amide bonds. The SMILES string of the molecule is C=C(C)CN(CC)C(=O)C(=O)Nc1ccc(S(=O)(=O)C(C)C#N)cc1. The first-order valence-corrected chi connectivity index (χ1v) is 9.16. The van der Waals surface area contributed by atoms with Crippen molar-refractivity contribution >= 4 is 27.3 Å². The van der Waals surface area contributed by atoms with Crippen LogP contribution in [0.4, 0.5) is 5.69 Å². The Bertz CT molecular complexity index is 807. The van der Waals surface area contributed by atoms with E-state index < -0.39 is 26.9 Å². The van der Waals surface area contributed by atoms with E-state index in [0.29, 0.717) is 6.54 Å². The van der Waals surface area contributed by atoms with Gasteiger partial charge in [0.15, 0.2) is 9.84 Å². The molecule has 7 nitrogen and oxygen atoms in total. The van der Waals surface area contributed by atoms with Gasteiger partial charge in [-0.2, -0.15) is 5.26 Å². The van der Waals surface area contributed by atoms with Crippen LogP contribution in [0.25, 0.3) is 0 Å². The molecular formula is C17H21N3O4S. The molecule has 0 saturated heterocycles. The van der Waals surface area contributed by atoms with Crippen molar-refractivity contribution in [1.82, 2.24) is 4.90 Å². The molecule has 0 spiro atoms. The summed E-state index contributed by atoms with van der Waals surface area (Å²) in [5, 5.41) is 10.0. The molecule has 1 atom stereocenters. The number of carbonyl (C=O) groups is 2. The maximum Gasteiger partial charge on any atom is 0.313 e. The minimum atomic E-state index is -3.74. The molecule has 1 aromatic carbocycles. The first-order chi connectivity index (χ1) is 11.6. The average Bonchev–Trinajstić information content (AvgIpc) is 2.58. The lowest BCUT2D eigenvalue weighted by Gasteiger charge is -2.20. The number of amides is 2. The Hall–Kier alpha value is -2.66. The fourth-order valence-electron chi connectivity index (χ4n) is 1.98. The number of anilines is 1. The smallest absolute Gasteiger partial charge is 0.313 e. The second-order valence-corrected chi connectivity index (χ2v) is 7.84. The maximum atomic E-state index is 12.1. The van der Waals surface area contributed by atoms with Crippen LogP contribution >= 0.6 is 0 Å². The zero-order valence-corrected chi connectivity index (χ0v) is 15.3. The molecule has 0 aromatic heterocycles.